The fraction of sp³-hybridized carbons (Fsp3) is 0.552. The normalized spacial score (nSPS) is 18.1. The van der Waals surface area contributed by atoms with Crippen molar-refractivity contribution in [2.24, 2.45) is 0 Å². The molecule has 0 bridgehead atoms. The molecule has 2 N–H and O–H groups in total. The summed E-state index contributed by atoms with van der Waals surface area (Å²) in [6.07, 6.45) is 10.4. The van der Waals surface area contributed by atoms with Crippen LogP contribution in [0.5, 0.6) is 0 Å². The average Bonchev–Trinajstić information content (AvgIpc) is 3.53. The van der Waals surface area contributed by atoms with Crippen molar-refractivity contribution in [3.8, 4) is 11.3 Å². The Hall–Kier alpha value is -2.97. The predicted octanol–water partition coefficient (Wildman–Crippen LogP) is 5.06. The second-order valence-electron chi connectivity index (χ2n) is 11.2. The van der Waals surface area contributed by atoms with E-state index in [4.69, 9.17) is 9.72 Å². The largest absolute Gasteiger partial charge is 0.381 e. The van der Waals surface area contributed by atoms with Crippen molar-refractivity contribution in [1.29, 1.82) is 0 Å². The molecule has 6 rings (SSSR count). The third kappa shape index (κ3) is 4.30. The van der Waals surface area contributed by atoms with Gasteiger partial charge < -0.3 is 19.9 Å². The summed E-state index contributed by atoms with van der Waals surface area (Å²) >= 11 is 0. The van der Waals surface area contributed by atoms with Crippen LogP contribution >= 0.6 is 0 Å². The molecule has 0 atom stereocenters. The summed E-state index contributed by atoms with van der Waals surface area (Å²) in [5, 5.41) is 9.64. The highest BCUT2D eigenvalue weighted by Gasteiger charge is 2.27. The number of pyridine rings is 2. The van der Waals surface area contributed by atoms with E-state index in [0.717, 1.165) is 74.5 Å². The molecule has 196 valence electrons. The van der Waals surface area contributed by atoms with Crippen LogP contribution in [0.15, 0.2) is 18.7 Å². The number of anilines is 1. The standard InChI is InChI=1S/C29H39N7O/c1-17(2)25-26-20(5)28(35-10-6-21(7-11-35)33-22-8-12-37-13-9-22)30-14-24(26)34-27(25)23-15-36-29(31-16-32-36)19(4)18(23)3/h14-17,21-22,33-34H,6-13H2,1-5H3. The topological polar surface area (TPSA) is 83.4 Å². The molecule has 0 saturated carbocycles. The molecule has 8 nitrogen and oxygen atoms in total. The number of hydrogen-bond donors (Lipinski definition) is 2. The first-order chi connectivity index (χ1) is 17.9. The van der Waals surface area contributed by atoms with E-state index >= 15 is 0 Å². The Kier molecular flexibility index (Phi) is 6.41. The lowest BCUT2D eigenvalue weighted by Gasteiger charge is -2.36. The Morgan fingerprint density at radius 2 is 1.70 bits per heavy atom. The van der Waals surface area contributed by atoms with E-state index in [1.54, 1.807) is 6.33 Å². The monoisotopic (exact) mass is 501 g/mol. The van der Waals surface area contributed by atoms with Gasteiger partial charge in [-0.25, -0.2) is 14.5 Å². The average molecular weight is 502 g/mol. The van der Waals surface area contributed by atoms with Gasteiger partial charge in [0.2, 0.25) is 0 Å². The lowest BCUT2D eigenvalue weighted by atomic mass is 9.92. The Labute approximate surface area is 218 Å². The number of fused-ring (bicyclic) bond motifs is 2. The Bertz CT molecular complexity index is 1420. The van der Waals surface area contributed by atoms with Gasteiger partial charge in [-0.3, -0.25) is 0 Å². The smallest absolute Gasteiger partial charge is 0.158 e. The highest BCUT2D eigenvalue weighted by atomic mass is 16.5. The molecule has 2 saturated heterocycles. The number of nitrogens with zero attached hydrogens (tertiary/aromatic N) is 5. The maximum absolute atomic E-state index is 5.53. The second kappa shape index (κ2) is 9.72. The van der Waals surface area contributed by atoms with Crippen molar-refractivity contribution in [2.45, 2.75) is 78.3 Å². The number of piperidine rings is 1. The van der Waals surface area contributed by atoms with Crippen LogP contribution in [-0.4, -0.2) is 63.0 Å². The molecule has 0 aromatic carbocycles. The molecule has 2 fully saturated rings. The zero-order chi connectivity index (χ0) is 25.7. The van der Waals surface area contributed by atoms with Gasteiger partial charge in [-0.15, -0.1) is 0 Å². The molecule has 4 aromatic heterocycles. The number of aromatic nitrogens is 5. The van der Waals surface area contributed by atoms with E-state index < -0.39 is 0 Å². The second-order valence-corrected chi connectivity index (χ2v) is 11.2. The maximum Gasteiger partial charge on any atom is 0.158 e. The van der Waals surface area contributed by atoms with Gasteiger partial charge in [0.25, 0.3) is 0 Å². The third-order valence-electron chi connectivity index (χ3n) is 8.55. The molecule has 2 aliphatic heterocycles. The van der Waals surface area contributed by atoms with Crippen molar-refractivity contribution in [3.05, 3.63) is 41.0 Å². The van der Waals surface area contributed by atoms with Crippen LogP contribution in [0.2, 0.25) is 0 Å². The summed E-state index contributed by atoms with van der Waals surface area (Å²) in [5.41, 5.74) is 9.39. The molecule has 0 spiro atoms. The van der Waals surface area contributed by atoms with Crippen molar-refractivity contribution in [2.75, 3.05) is 31.2 Å². The lowest BCUT2D eigenvalue weighted by Crippen LogP contribution is -2.48. The van der Waals surface area contributed by atoms with Gasteiger partial charge in [0.05, 0.1) is 17.4 Å². The number of ether oxygens (including phenoxy) is 1. The number of hydrogen-bond acceptors (Lipinski definition) is 6. The van der Waals surface area contributed by atoms with Crippen molar-refractivity contribution in [1.82, 2.24) is 29.9 Å². The Balaban J connectivity index is 1.33. The summed E-state index contributed by atoms with van der Waals surface area (Å²) in [7, 11) is 0. The quantitative estimate of drug-likeness (QED) is 0.398. The van der Waals surface area contributed by atoms with Gasteiger partial charge in [0.15, 0.2) is 5.65 Å². The molecular weight excluding hydrogens is 462 g/mol. The summed E-state index contributed by atoms with van der Waals surface area (Å²) < 4.78 is 7.42. The first-order valence-corrected chi connectivity index (χ1v) is 13.8. The fourth-order valence-corrected chi connectivity index (χ4v) is 6.39. The summed E-state index contributed by atoms with van der Waals surface area (Å²) in [5.74, 6) is 1.49. The zero-order valence-corrected chi connectivity index (χ0v) is 22.8. The van der Waals surface area contributed by atoms with E-state index in [1.807, 2.05) is 10.7 Å². The molecule has 0 aliphatic carbocycles. The first-order valence-electron chi connectivity index (χ1n) is 13.8. The van der Waals surface area contributed by atoms with Gasteiger partial charge in [0, 0.05) is 61.1 Å². The number of H-pyrrole nitrogens is 1. The van der Waals surface area contributed by atoms with E-state index in [2.05, 4.69) is 66.1 Å². The van der Waals surface area contributed by atoms with Crippen LogP contribution in [0.25, 0.3) is 27.8 Å². The van der Waals surface area contributed by atoms with Crippen LogP contribution in [0, 0.1) is 20.8 Å². The van der Waals surface area contributed by atoms with Crippen LogP contribution in [-0.2, 0) is 4.74 Å². The minimum Gasteiger partial charge on any atom is -0.381 e. The van der Waals surface area contributed by atoms with Gasteiger partial charge in [-0.05, 0) is 69.1 Å². The van der Waals surface area contributed by atoms with Crippen LogP contribution in [0.3, 0.4) is 0 Å². The summed E-state index contributed by atoms with van der Waals surface area (Å²) in [6.45, 7) is 15.0. The van der Waals surface area contributed by atoms with Crippen LogP contribution in [0.4, 0.5) is 5.82 Å². The van der Waals surface area contributed by atoms with E-state index in [-0.39, 0.29) is 0 Å². The number of aryl methyl sites for hydroxylation is 2. The molecule has 0 radical (unpaired) electrons. The van der Waals surface area contributed by atoms with Crippen LogP contribution < -0.4 is 10.2 Å². The van der Waals surface area contributed by atoms with Gasteiger partial charge in [0.1, 0.15) is 12.1 Å². The highest BCUT2D eigenvalue weighted by Crippen LogP contribution is 2.41. The first kappa shape index (κ1) is 24.4. The van der Waals surface area contributed by atoms with Crippen LogP contribution in [0.1, 0.15) is 67.7 Å². The van der Waals surface area contributed by atoms with E-state index in [1.165, 1.54) is 33.3 Å². The van der Waals surface area contributed by atoms with Gasteiger partial charge in [-0.1, -0.05) is 13.8 Å². The zero-order valence-electron chi connectivity index (χ0n) is 22.8. The fourth-order valence-electron chi connectivity index (χ4n) is 6.39. The van der Waals surface area contributed by atoms with E-state index in [0.29, 0.717) is 18.0 Å². The number of rotatable bonds is 5. The SMILES string of the molecule is Cc1c(-c2[nH]c3cnc(N4CCC(NC5CCOCC5)CC4)c(C)c3c2C(C)C)cn2ncnc2c1C. The molecule has 0 amide bonds. The molecule has 4 aromatic rings. The number of nitrogens with one attached hydrogen (secondary N) is 2. The third-order valence-corrected chi connectivity index (χ3v) is 8.55. The van der Waals surface area contributed by atoms with Gasteiger partial charge in [-0.2, -0.15) is 5.10 Å². The summed E-state index contributed by atoms with van der Waals surface area (Å²) in [6, 6.07) is 1.20. The highest BCUT2D eigenvalue weighted by molar-refractivity contribution is 5.96. The minimum atomic E-state index is 0.359. The molecule has 2 aliphatic rings. The Morgan fingerprint density at radius 3 is 2.43 bits per heavy atom. The molecule has 0 unspecified atom stereocenters. The molecule has 6 heterocycles. The number of aromatic amines is 1. The van der Waals surface area contributed by atoms with Crippen molar-refractivity contribution >= 4 is 22.4 Å². The Morgan fingerprint density at radius 1 is 0.973 bits per heavy atom. The van der Waals surface area contributed by atoms with Gasteiger partial charge >= 0.3 is 0 Å². The van der Waals surface area contributed by atoms with Crippen molar-refractivity contribution < 1.29 is 4.74 Å². The lowest BCUT2D eigenvalue weighted by molar-refractivity contribution is 0.0738. The minimum absolute atomic E-state index is 0.359. The van der Waals surface area contributed by atoms with E-state index in [9.17, 15) is 0 Å². The van der Waals surface area contributed by atoms with Crippen molar-refractivity contribution in [3.63, 3.8) is 0 Å². The summed E-state index contributed by atoms with van der Waals surface area (Å²) in [4.78, 5) is 15.7. The predicted molar refractivity (Wildman–Crippen MR) is 149 cm³/mol. The molecule has 8 heteroatoms. The molecular formula is C29H39N7O. The molecule has 37 heavy (non-hydrogen) atoms. The maximum atomic E-state index is 5.53.